The third-order valence-electron chi connectivity index (χ3n) is 5.47. The van der Waals surface area contributed by atoms with Crippen LogP contribution in [0.15, 0.2) is 54.6 Å². The summed E-state index contributed by atoms with van der Waals surface area (Å²) in [7, 11) is 1.90. The molecule has 4 rings (SSSR count). The highest BCUT2D eigenvalue weighted by Crippen LogP contribution is 2.40. The highest BCUT2D eigenvalue weighted by molar-refractivity contribution is 6.08. The molecule has 2 N–H and O–H groups in total. The lowest BCUT2D eigenvalue weighted by Gasteiger charge is -2.33. The minimum absolute atomic E-state index is 0.0471. The van der Waals surface area contributed by atoms with Gasteiger partial charge in [-0.3, -0.25) is 14.6 Å². The van der Waals surface area contributed by atoms with Crippen molar-refractivity contribution in [2.24, 2.45) is 0 Å². The first kappa shape index (κ1) is 19.4. The molecule has 1 fully saturated rings. The van der Waals surface area contributed by atoms with Gasteiger partial charge in [-0.15, -0.1) is 0 Å². The Morgan fingerprint density at radius 1 is 1.17 bits per heavy atom. The minimum Gasteiger partial charge on any atom is -0.493 e. The van der Waals surface area contributed by atoms with Crippen LogP contribution >= 0.6 is 0 Å². The van der Waals surface area contributed by atoms with Crippen LogP contribution in [0.4, 0.5) is 4.79 Å². The van der Waals surface area contributed by atoms with Gasteiger partial charge in [-0.05, 0) is 18.7 Å². The van der Waals surface area contributed by atoms with Crippen molar-refractivity contribution in [2.45, 2.75) is 24.6 Å². The molecule has 1 spiro atoms. The van der Waals surface area contributed by atoms with E-state index in [1.165, 1.54) is 0 Å². The maximum Gasteiger partial charge on any atom is 0.325 e. The zero-order valence-electron chi connectivity index (χ0n) is 16.4. The Hall–Kier alpha value is -2.90. The number of rotatable bonds is 6. The summed E-state index contributed by atoms with van der Waals surface area (Å²) in [6.45, 7) is 1.32. The summed E-state index contributed by atoms with van der Waals surface area (Å²) in [4.78, 5) is 28.9. The van der Waals surface area contributed by atoms with Gasteiger partial charge in [0, 0.05) is 25.1 Å². The fourth-order valence-electron chi connectivity index (χ4n) is 4.13. The van der Waals surface area contributed by atoms with Crippen LogP contribution in [0, 0.1) is 0 Å². The number of carbonyl (C=O) groups is 2. The molecule has 1 saturated heterocycles. The molecule has 2 heterocycles. The van der Waals surface area contributed by atoms with Crippen LogP contribution < -0.4 is 10.1 Å². The van der Waals surface area contributed by atoms with E-state index in [0.717, 1.165) is 10.5 Å². The van der Waals surface area contributed by atoms with Gasteiger partial charge in [-0.25, -0.2) is 4.79 Å². The number of ether oxygens (including phenoxy) is 1. The Balaban J connectivity index is 1.43. The van der Waals surface area contributed by atoms with Crippen LogP contribution in [-0.4, -0.2) is 59.7 Å². The zero-order chi connectivity index (χ0) is 20.4. The Kier molecular flexibility index (Phi) is 5.25. The van der Waals surface area contributed by atoms with Crippen LogP contribution in [0.2, 0.25) is 0 Å². The van der Waals surface area contributed by atoms with Crippen molar-refractivity contribution >= 4 is 11.9 Å². The van der Waals surface area contributed by atoms with Crippen molar-refractivity contribution in [3.05, 3.63) is 65.7 Å². The third kappa shape index (κ3) is 3.71. The number of aliphatic hydroxyl groups excluding tert-OH is 1. The number of amides is 3. The topological polar surface area (TPSA) is 82.1 Å². The van der Waals surface area contributed by atoms with E-state index in [1.54, 1.807) is 12.1 Å². The van der Waals surface area contributed by atoms with Crippen LogP contribution in [0.25, 0.3) is 0 Å². The Morgan fingerprint density at radius 3 is 2.69 bits per heavy atom. The zero-order valence-corrected chi connectivity index (χ0v) is 16.4. The Morgan fingerprint density at radius 2 is 1.90 bits per heavy atom. The molecule has 7 nitrogen and oxygen atoms in total. The number of likely N-dealkylation sites (N-methyl/N-ethyl adjacent to an activating group) is 1. The van der Waals surface area contributed by atoms with Crippen molar-refractivity contribution in [1.82, 2.24) is 15.1 Å². The van der Waals surface area contributed by atoms with Crippen LogP contribution in [0.1, 0.15) is 17.5 Å². The summed E-state index contributed by atoms with van der Waals surface area (Å²) in [5.74, 6) is 0.278. The fourth-order valence-corrected chi connectivity index (χ4v) is 4.13. The molecule has 2 aromatic rings. The normalized spacial score (nSPS) is 21.8. The standard InChI is InChI=1S/C22H25N3O4/c1-24(13-16-7-3-2-4-8-16)14-17(26)15-25-20(27)22(23-21(25)28)11-12-29-19-10-6-5-9-18(19)22/h2-10,17,26H,11-15H2,1H3,(H,23,28)/t17-,22+/m0/s1. The van der Waals surface area contributed by atoms with Gasteiger partial charge in [0.15, 0.2) is 5.54 Å². The predicted molar refractivity (Wildman–Crippen MR) is 107 cm³/mol. The van der Waals surface area contributed by atoms with Crippen molar-refractivity contribution in [2.75, 3.05) is 26.7 Å². The SMILES string of the molecule is CN(Cc1ccccc1)C[C@H](O)CN1C(=O)N[C@@]2(CCOc3ccccc32)C1=O. The maximum atomic E-state index is 13.2. The molecule has 152 valence electrons. The fraction of sp³-hybridized carbons (Fsp3) is 0.364. The first-order chi connectivity index (χ1) is 14.0. The van der Waals surface area contributed by atoms with E-state index in [4.69, 9.17) is 4.74 Å². The molecule has 2 aliphatic heterocycles. The highest BCUT2D eigenvalue weighted by atomic mass is 16.5. The average Bonchev–Trinajstić information content (AvgIpc) is 2.94. The number of imide groups is 1. The van der Waals surface area contributed by atoms with Crippen molar-refractivity contribution in [3.8, 4) is 5.75 Å². The summed E-state index contributed by atoms with van der Waals surface area (Å²) in [6, 6.07) is 16.7. The molecule has 3 amide bonds. The maximum absolute atomic E-state index is 13.2. The number of urea groups is 1. The lowest BCUT2D eigenvalue weighted by Crippen LogP contribution is -2.48. The summed E-state index contributed by atoms with van der Waals surface area (Å²) < 4.78 is 5.64. The largest absolute Gasteiger partial charge is 0.493 e. The molecule has 0 saturated carbocycles. The molecule has 0 aliphatic carbocycles. The molecule has 0 radical (unpaired) electrons. The van der Waals surface area contributed by atoms with Crippen molar-refractivity contribution in [1.29, 1.82) is 0 Å². The summed E-state index contributed by atoms with van der Waals surface area (Å²) in [6.07, 6.45) is -0.474. The number of carbonyl (C=O) groups excluding carboxylic acids is 2. The quantitative estimate of drug-likeness (QED) is 0.728. The first-order valence-corrected chi connectivity index (χ1v) is 9.76. The molecule has 7 heteroatoms. The van der Waals surface area contributed by atoms with E-state index in [2.05, 4.69) is 5.32 Å². The van der Waals surface area contributed by atoms with Gasteiger partial charge < -0.3 is 15.2 Å². The number of para-hydroxylation sites is 1. The van der Waals surface area contributed by atoms with Gasteiger partial charge >= 0.3 is 6.03 Å². The van der Waals surface area contributed by atoms with Gasteiger partial charge in [0.2, 0.25) is 0 Å². The second-order valence-corrected chi connectivity index (χ2v) is 7.68. The van der Waals surface area contributed by atoms with E-state index in [0.29, 0.717) is 37.4 Å². The van der Waals surface area contributed by atoms with Gasteiger partial charge in [0.05, 0.1) is 19.3 Å². The monoisotopic (exact) mass is 395 g/mol. The first-order valence-electron chi connectivity index (χ1n) is 9.76. The number of hydrogen-bond acceptors (Lipinski definition) is 5. The van der Waals surface area contributed by atoms with Crippen LogP contribution in [-0.2, 0) is 16.9 Å². The van der Waals surface area contributed by atoms with E-state index < -0.39 is 17.7 Å². The molecule has 2 atom stereocenters. The Labute approximate surface area is 169 Å². The van der Waals surface area contributed by atoms with Crippen LogP contribution in [0.5, 0.6) is 5.75 Å². The van der Waals surface area contributed by atoms with Gasteiger partial charge in [-0.2, -0.15) is 0 Å². The van der Waals surface area contributed by atoms with Gasteiger partial charge in [0.25, 0.3) is 5.91 Å². The molecule has 2 aliphatic rings. The minimum atomic E-state index is -1.11. The van der Waals surface area contributed by atoms with E-state index in [9.17, 15) is 14.7 Å². The lowest BCUT2D eigenvalue weighted by molar-refractivity contribution is -0.133. The van der Waals surface area contributed by atoms with Crippen LogP contribution in [0.3, 0.4) is 0 Å². The molecular formula is C22H25N3O4. The second kappa shape index (κ2) is 7.85. The molecular weight excluding hydrogens is 370 g/mol. The van der Waals surface area contributed by atoms with Gasteiger partial charge in [0.1, 0.15) is 5.75 Å². The van der Waals surface area contributed by atoms with E-state index in [1.807, 2.05) is 54.4 Å². The Bertz CT molecular complexity index is 904. The predicted octanol–water partition coefficient (Wildman–Crippen LogP) is 1.71. The number of fused-ring (bicyclic) bond motifs is 2. The second-order valence-electron chi connectivity index (χ2n) is 7.68. The molecule has 29 heavy (non-hydrogen) atoms. The lowest BCUT2D eigenvalue weighted by atomic mass is 9.84. The summed E-state index contributed by atoms with van der Waals surface area (Å²) in [5.41, 5.74) is 0.694. The molecule has 0 bridgehead atoms. The third-order valence-corrected chi connectivity index (χ3v) is 5.47. The number of β-amino-alcohol motifs (C(OH)–C–C–N with tert-alkyl or cyclic N) is 1. The number of nitrogens with one attached hydrogen (secondary N) is 1. The number of benzene rings is 2. The highest BCUT2D eigenvalue weighted by Gasteiger charge is 2.55. The average molecular weight is 395 g/mol. The molecule has 0 aromatic heterocycles. The number of nitrogens with zero attached hydrogens (tertiary/aromatic N) is 2. The smallest absolute Gasteiger partial charge is 0.325 e. The number of hydrogen-bond donors (Lipinski definition) is 2. The van der Waals surface area contributed by atoms with Gasteiger partial charge in [-0.1, -0.05) is 48.5 Å². The number of aliphatic hydroxyl groups is 1. The summed E-state index contributed by atoms with van der Waals surface area (Å²) >= 11 is 0. The van der Waals surface area contributed by atoms with Crippen molar-refractivity contribution in [3.63, 3.8) is 0 Å². The van der Waals surface area contributed by atoms with E-state index >= 15 is 0 Å². The van der Waals surface area contributed by atoms with E-state index in [-0.39, 0.29) is 12.5 Å². The van der Waals surface area contributed by atoms with Crippen molar-refractivity contribution < 1.29 is 19.4 Å². The molecule has 0 unspecified atom stereocenters. The summed E-state index contributed by atoms with van der Waals surface area (Å²) in [5, 5.41) is 13.4. The molecule has 2 aromatic carbocycles.